The Morgan fingerprint density at radius 1 is 1.03 bits per heavy atom. The van der Waals surface area contributed by atoms with Crippen LogP contribution in [0.25, 0.3) is 11.3 Å². The Hall–Kier alpha value is -3.16. The van der Waals surface area contributed by atoms with Gasteiger partial charge in [-0.2, -0.15) is 5.10 Å². The number of anilines is 1. The van der Waals surface area contributed by atoms with Crippen molar-refractivity contribution in [2.75, 3.05) is 12.5 Å². The maximum atomic E-state index is 5.99. The lowest BCUT2D eigenvalue weighted by Gasteiger charge is -2.11. The molecule has 0 bridgehead atoms. The van der Waals surface area contributed by atoms with Gasteiger partial charge in [-0.25, -0.2) is 4.98 Å². The van der Waals surface area contributed by atoms with E-state index in [2.05, 4.69) is 31.4 Å². The molecular formula is C24H20BrN3O2S. The minimum absolute atomic E-state index is 0.441. The van der Waals surface area contributed by atoms with Crippen LogP contribution in [-0.2, 0) is 6.61 Å². The van der Waals surface area contributed by atoms with Gasteiger partial charge < -0.3 is 9.47 Å². The Morgan fingerprint density at radius 2 is 1.90 bits per heavy atom. The minimum Gasteiger partial charge on any atom is -0.493 e. The highest BCUT2D eigenvalue weighted by Crippen LogP contribution is 2.29. The summed E-state index contributed by atoms with van der Waals surface area (Å²) in [6.45, 7) is 0.441. The van der Waals surface area contributed by atoms with Gasteiger partial charge in [-0.1, -0.05) is 58.4 Å². The highest BCUT2D eigenvalue weighted by Gasteiger charge is 2.07. The predicted molar refractivity (Wildman–Crippen MR) is 130 cm³/mol. The SMILES string of the molecule is COc1ccc(C=NNc2nc(-c3ccccc3)cs2)cc1OCc1cccc(Br)c1. The normalized spacial score (nSPS) is 10.9. The first kappa shape index (κ1) is 21.1. The molecule has 3 aromatic carbocycles. The van der Waals surface area contributed by atoms with Gasteiger partial charge in [0, 0.05) is 15.4 Å². The summed E-state index contributed by atoms with van der Waals surface area (Å²) in [7, 11) is 1.63. The van der Waals surface area contributed by atoms with E-state index in [1.807, 2.05) is 78.2 Å². The third kappa shape index (κ3) is 5.71. The zero-order valence-corrected chi connectivity index (χ0v) is 19.2. The van der Waals surface area contributed by atoms with E-state index in [1.54, 1.807) is 13.3 Å². The van der Waals surface area contributed by atoms with Crippen LogP contribution < -0.4 is 14.9 Å². The van der Waals surface area contributed by atoms with Gasteiger partial charge in [0.1, 0.15) is 6.61 Å². The number of halogens is 1. The van der Waals surface area contributed by atoms with Crippen LogP contribution in [-0.4, -0.2) is 18.3 Å². The summed E-state index contributed by atoms with van der Waals surface area (Å²) in [6.07, 6.45) is 1.73. The number of ether oxygens (including phenoxy) is 2. The highest BCUT2D eigenvalue weighted by atomic mass is 79.9. The van der Waals surface area contributed by atoms with Crippen molar-refractivity contribution in [3.8, 4) is 22.8 Å². The van der Waals surface area contributed by atoms with Crippen molar-refractivity contribution in [1.29, 1.82) is 0 Å². The first-order valence-electron chi connectivity index (χ1n) is 9.56. The average Bonchev–Trinajstić information content (AvgIpc) is 3.27. The molecule has 4 rings (SSSR count). The number of aromatic nitrogens is 1. The maximum absolute atomic E-state index is 5.99. The van der Waals surface area contributed by atoms with Gasteiger partial charge in [0.05, 0.1) is 19.0 Å². The Kier molecular flexibility index (Phi) is 6.96. The molecule has 0 atom stereocenters. The van der Waals surface area contributed by atoms with Crippen LogP contribution in [0.1, 0.15) is 11.1 Å². The van der Waals surface area contributed by atoms with Gasteiger partial charge in [0.15, 0.2) is 11.5 Å². The molecule has 31 heavy (non-hydrogen) atoms. The lowest BCUT2D eigenvalue weighted by atomic mass is 10.2. The number of hydrogen-bond donors (Lipinski definition) is 1. The molecule has 4 aromatic rings. The third-order valence-corrected chi connectivity index (χ3v) is 5.66. The Morgan fingerprint density at radius 3 is 2.71 bits per heavy atom. The molecule has 0 saturated carbocycles. The minimum atomic E-state index is 0.441. The first-order valence-corrected chi connectivity index (χ1v) is 11.2. The summed E-state index contributed by atoms with van der Waals surface area (Å²) in [5, 5.41) is 7.06. The summed E-state index contributed by atoms with van der Waals surface area (Å²) < 4.78 is 12.4. The van der Waals surface area contributed by atoms with E-state index in [-0.39, 0.29) is 0 Å². The molecule has 0 spiro atoms. The number of methoxy groups -OCH3 is 1. The van der Waals surface area contributed by atoms with Crippen molar-refractivity contribution in [1.82, 2.24) is 4.98 Å². The van der Waals surface area contributed by atoms with Gasteiger partial charge in [0.2, 0.25) is 5.13 Å². The van der Waals surface area contributed by atoms with Crippen LogP contribution in [0.15, 0.2) is 87.8 Å². The van der Waals surface area contributed by atoms with E-state index in [9.17, 15) is 0 Å². The summed E-state index contributed by atoms with van der Waals surface area (Å²) >= 11 is 4.99. The van der Waals surface area contributed by atoms with Gasteiger partial charge in [-0.15, -0.1) is 11.3 Å². The molecule has 0 fully saturated rings. The number of nitrogens with one attached hydrogen (secondary N) is 1. The van der Waals surface area contributed by atoms with E-state index >= 15 is 0 Å². The number of rotatable bonds is 8. The summed E-state index contributed by atoms with van der Waals surface area (Å²) in [6, 6.07) is 23.8. The summed E-state index contributed by atoms with van der Waals surface area (Å²) in [5.41, 5.74) is 6.95. The fourth-order valence-electron chi connectivity index (χ4n) is 2.90. The van der Waals surface area contributed by atoms with Crippen LogP contribution in [0, 0.1) is 0 Å². The largest absolute Gasteiger partial charge is 0.493 e. The second kappa shape index (κ2) is 10.2. The molecule has 0 aliphatic heterocycles. The summed E-state index contributed by atoms with van der Waals surface area (Å²) in [4.78, 5) is 4.57. The molecule has 0 unspecified atom stereocenters. The Balaban J connectivity index is 1.42. The number of hydrogen-bond acceptors (Lipinski definition) is 6. The molecule has 0 radical (unpaired) electrons. The van der Waals surface area contributed by atoms with Crippen molar-refractivity contribution < 1.29 is 9.47 Å². The second-order valence-corrected chi connectivity index (χ2v) is 8.38. The topological polar surface area (TPSA) is 55.7 Å². The van der Waals surface area contributed by atoms with Crippen LogP contribution in [0.5, 0.6) is 11.5 Å². The zero-order valence-electron chi connectivity index (χ0n) is 16.8. The van der Waals surface area contributed by atoms with Crippen LogP contribution in [0.2, 0.25) is 0 Å². The monoisotopic (exact) mass is 493 g/mol. The molecule has 5 nitrogen and oxygen atoms in total. The Bertz CT molecular complexity index is 1180. The average molecular weight is 494 g/mol. The van der Waals surface area contributed by atoms with Crippen molar-refractivity contribution in [2.24, 2.45) is 5.10 Å². The summed E-state index contributed by atoms with van der Waals surface area (Å²) in [5.74, 6) is 1.33. The molecule has 1 heterocycles. The molecule has 0 amide bonds. The number of nitrogens with zero attached hydrogens (tertiary/aromatic N) is 2. The van der Waals surface area contributed by atoms with E-state index in [4.69, 9.17) is 9.47 Å². The number of benzene rings is 3. The molecule has 156 valence electrons. The molecular weight excluding hydrogens is 474 g/mol. The number of thiazole rings is 1. The Labute approximate surface area is 193 Å². The van der Waals surface area contributed by atoms with Crippen molar-refractivity contribution >= 4 is 38.6 Å². The van der Waals surface area contributed by atoms with Crippen molar-refractivity contribution in [3.63, 3.8) is 0 Å². The number of hydrazone groups is 1. The van der Waals surface area contributed by atoms with Crippen LogP contribution >= 0.6 is 27.3 Å². The van der Waals surface area contributed by atoms with Gasteiger partial charge in [-0.05, 0) is 41.5 Å². The lowest BCUT2D eigenvalue weighted by Crippen LogP contribution is -1.99. The van der Waals surface area contributed by atoms with E-state index < -0.39 is 0 Å². The molecule has 0 aliphatic carbocycles. The van der Waals surface area contributed by atoms with Gasteiger partial charge >= 0.3 is 0 Å². The smallest absolute Gasteiger partial charge is 0.203 e. The highest BCUT2D eigenvalue weighted by molar-refractivity contribution is 9.10. The second-order valence-electron chi connectivity index (χ2n) is 6.60. The van der Waals surface area contributed by atoms with Crippen LogP contribution in [0.3, 0.4) is 0 Å². The van der Waals surface area contributed by atoms with E-state index in [1.165, 1.54) is 11.3 Å². The fraction of sp³-hybridized carbons (Fsp3) is 0.0833. The standard InChI is InChI=1S/C24H20BrN3O2S/c1-29-22-11-10-17(13-23(22)30-15-18-6-5-9-20(25)12-18)14-26-28-24-27-21(16-31-24)19-7-3-2-4-8-19/h2-14,16H,15H2,1H3,(H,27,28). The zero-order chi connectivity index (χ0) is 21.5. The molecule has 1 N–H and O–H groups in total. The molecule has 0 aliphatic rings. The molecule has 0 saturated heterocycles. The van der Waals surface area contributed by atoms with Gasteiger partial charge in [0.25, 0.3) is 0 Å². The predicted octanol–water partition coefficient (Wildman–Crippen LogP) is 6.61. The molecule has 7 heteroatoms. The third-order valence-electron chi connectivity index (χ3n) is 4.42. The van der Waals surface area contributed by atoms with E-state index in [0.29, 0.717) is 18.1 Å². The van der Waals surface area contributed by atoms with Crippen molar-refractivity contribution in [2.45, 2.75) is 6.61 Å². The van der Waals surface area contributed by atoms with Gasteiger partial charge in [-0.3, -0.25) is 5.43 Å². The molecule has 1 aromatic heterocycles. The van der Waals surface area contributed by atoms with Crippen molar-refractivity contribution in [3.05, 3.63) is 93.8 Å². The first-order chi connectivity index (χ1) is 15.2. The quantitative estimate of drug-likeness (QED) is 0.221. The van der Waals surface area contributed by atoms with Crippen LogP contribution in [0.4, 0.5) is 5.13 Å². The maximum Gasteiger partial charge on any atom is 0.203 e. The van der Waals surface area contributed by atoms with E-state index in [0.717, 1.165) is 32.0 Å². The fourth-order valence-corrected chi connectivity index (χ4v) is 4.02. The lowest BCUT2D eigenvalue weighted by molar-refractivity contribution is 0.284.